The summed E-state index contributed by atoms with van der Waals surface area (Å²) in [6.07, 6.45) is 0.160. The highest BCUT2D eigenvalue weighted by Crippen LogP contribution is 2.31. The fourth-order valence-electron chi connectivity index (χ4n) is 5.45. The molecule has 12 heteroatoms. The van der Waals surface area contributed by atoms with Crippen molar-refractivity contribution in [2.75, 3.05) is 20.2 Å². The standard InChI is InChI=1S/C28H28F2IN5O4/c1-4-36-21-8-6-5-7-16(21)14-23(36)24-32-19-13-17(9-10-22(19)34(24)2)25(37)35-12-11-18(26(38)40-3)20(15-35)33-27(39)28(29,30)31/h5-10,13-14,18,20H,4,11-12,15H2,1-3H3,(H,33,39)/t18-,20+/m1/s1. The van der Waals surface area contributed by atoms with Gasteiger partial charge in [0.25, 0.3) is 5.91 Å². The Balaban J connectivity index is 1.44. The number of aromatic nitrogens is 3. The van der Waals surface area contributed by atoms with Gasteiger partial charge in [-0.25, -0.2) is 4.98 Å². The lowest BCUT2D eigenvalue weighted by Gasteiger charge is -2.37. The van der Waals surface area contributed by atoms with Crippen LogP contribution in [0.2, 0.25) is 0 Å². The predicted octanol–water partition coefficient (Wildman–Crippen LogP) is 4.36. The van der Waals surface area contributed by atoms with Crippen molar-refractivity contribution in [3.63, 3.8) is 0 Å². The zero-order chi connectivity index (χ0) is 28.8. The molecule has 0 unspecified atom stereocenters. The van der Waals surface area contributed by atoms with Gasteiger partial charge >= 0.3 is 15.8 Å². The van der Waals surface area contributed by atoms with E-state index in [1.807, 2.05) is 29.8 Å². The molecule has 210 valence electrons. The largest absolute Gasteiger partial charge is 0.469 e. The van der Waals surface area contributed by atoms with Crippen LogP contribution < -0.4 is 5.32 Å². The normalized spacial score (nSPS) is 17.8. The number of ether oxygens (including phenoxy) is 1. The molecule has 2 aromatic carbocycles. The maximum Gasteiger partial charge on any atom is 0.372 e. The van der Waals surface area contributed by atoms with Crippen LogP contribution in [0.1, 0.15) is 23.7 Å². The number of likely N-dealkylation sites (tertiary alicyclic amines) is 1. The Morgan fingerprint density at radius 1 is 1.15 bits per heavy atom. The van der Waals surface area contributed by atoms with Crippen molar-refractivity contribution >= 4 is 62.3 Å². The summed E-state index contributed by atoms with van der Waals surface area (Å²) in [5, 5.41) is 3.34. The van der Waals surface area contributed by atoms with Gasteiger partial charge < -0.3 is 24.1 Å². The molecule has 1 aliphatic rings. The second kappa shape index (κ2) is 10.8. The van der Waals surface area contributed by atoms with Crippen molar-refractivity contribution in [2.24, 2.45) is 13.0 Å². The third kappa shape index (κ3) is 5.04. The molecule has 2 aromatic heterocycles. The number of esters is 1. The molecule has 2 atom stereocenters. The van der Waals surface area contributed by atoms with E-state index < -0.39 is 27.8 Å². The number of piperidine rings is 1. The maximum atomic E-state index is 13.6. The summed E-state index contributed by atoms with van der Waals surface area (Å²) in [6.45, 7) is 2.93. The summed E-state index contributed by atoms with van der Waals surface area (Å²) in [7, 11) is 3.12. The molecule has 1 saturated heterocycles. The summed E-state index contributed by atoms with van der Waals surface area (Å²) in [4.78, 5) is 44.1. The van der Waals surface area contributed by atoms with Crippen LogP contribution in [0.15, 0.2) is 48.5 Å². The van der Waals surface area contributed by atoms with Crippen LogP contribution in [-0.2, 0) is 27.9 Å². The molecule has 0 radical (unpaired) electrons. The van der Waals surface area contributed by atoms with Crippen LogP contribution in [0.25, 0.3) is 33.5 Å². The molecule has 0 aliphatic carbocycles. The number of rotatable bonds is 6. The molecule has 0 bridgehead atoms. The molecule has 2 amide bonds. The van der Waals surface area contributed by atoms with Crippen molar-refractivity contribution in [1.82, 2.24) is 24.3 Å². The number of methoxy groups -OCH3 is 1. The summed E-state index contributed by atoms with van der Waals surface area (Å²) >= 11 is 0.733. The number of hydrogen-bond acceptors (Lipinski definition) is 5. The monoisotopic (exact) mass is 663 g/mol. The number of para-hydroxylation sites is 1. The van der Waals surface area contributed by atoms with Gasteiger partial charge in [0.15, 0.2) is 5.82 Å². The fourth-order valence-corrected chi connectivity index (χ4v) is 5.60. The molecule has 0 spiro atoms. The lowest BCUT2D eigenvalue weighted by atomic mass is 9.91. The number of alkyl halides is 3. The lowest BCUT2D eigenvalue weighted by Crippen LogP contribution is -2.57. The van der Waals surface area contributed by atoms with E-state index in [1.54, 1.807) is 12.1 Å². The first kappa shape index (κ1) is 28.0. The quantitative estimate of drug-likeness (QED) is 0.188. The Morgan fingerprint density at radius 3 is 2.60 bits per heavy atom. The second-order valence-corrected chi connectivity index (χ2v) is 11.1. The van der Waals surface area contributed by atoms with E-state index in [0.717, 1.165) is 57.1 Å². The molecular weight excluding hydrogens is 635 g/mol. The van der Waals surface area contributed by atoms with E-state index in [-0.39, 0.29) is 25.4 Å². The van der Waals surface area contributed by atoms with E-state index in [1.165, 1.54) is 12.0 Å². The SMILES string of the molecule is CCn1c(-c2nc3cc(C(=O)N4CC[C@@H](C(=O)OC)[C@@H](NC(=O)C(F)(F)I)C4)ccc3n2C)cc2ccccc21. The number of aryl methyl sites for hydroxylation is 2. The molecule has 1 N–H and O–H groups in total. The topological polar surface area (TPSA) is 98.5 Å². The van der Waals surface area contributed by atoms with Gasteiger partial charge in [0.05, 0.1) is 35.8 Å². The number of nitrogens with one attached hydrogen (secondary N) is 1. The van der Waals surface area contributed by atoms with Crippen molar-refractivity contribution in [3.05, 3.63) is 54.1 Å². The molecule has 3 heterocycles. The molecule has 1 aliphatic heterocycles. The van der Waals surface area contributed by atoms with E-state index >= 15 is 0 Å². The molecule has 40 heavy (non-hydrogen) atoms. The van der Waals surface area contributed by atoms with E-state index in [2.05, 4.69) is 35.0 Å². The molecule has 0 saturated carbocycles. The highest BCUT2D eigenvalue weighted by Gasteiger charge is 2.42. The molecular formula is C28H28F2IN5O4. The van der Waals surface area contributed by atoms with Gasteiger partial charge in [-0.15, -0.1) is 0 Å². The highest BCUT2D eigenvalue weighted by molar-refractivity contribution is 14.1. The Bertz CT molecular complexity index is 1630. The summed E-state index contributed by atoms with van der Waals surface area (Å²) in [5.74, 6) is -2.57. The number of hydrogen-bond donors (Lipinski definition) is 1. The molecule has 1 fully saturated rings. The molecule has 9 nitrogen and oxygen atoms in total. The first-order chi connectivity index (χ1) is 19.0. The van der Waals surface area contributed by atoms with E-state index in [4.69, 9.17) is 9.72 Å². The Hall–Kier alpha value is -3.55. The van der Waals surface area contributed by atoms with Crippen molar-refractivity contribution in [1.29, 1.82) is 0 Å². The number of imidazole rings is 1. The smallest absolute Gasteiger partial charge is 0.372 e. The zero-order valence-corrected chi connectivity index (χ0v) is 24.3. The Kier molecular flexibility index (Phi) is 7.55. The van der Waals surface area contributed by atoms with Crippen molar-refractivity contribution < 1.29 is 27.9 Å². The highest BCUT2D eigenvalue weighted by atomic mass is 127. The number of nitrogens with zero attached hydrogens (tertiary/aromatic N) is 4. The minimum Gasteiger partial charge on any atom is -0.469 e. The van der Waals surface area contributed by atoms with E-state index in [9.17, 15) is 23.2 Å². The Morgan fingerprint density at radius 2 is 1.90 bits per heavy atom. The third-order valence-electron chi connectivity index (χ3n) is 7.46. The number of halogens is 3. The van der Waals surface area contributed by atoms with Gasteiger partial charge in [0, 0.05) is 65.7 Å². The van der Waals surface area contributed by atoms with Crippen LogP contribution in [0.3, 0.4) is 0 Å². The van der Waals surface area contributed by atoms with Crippen molar-refractivity contribution in [3.8, 4) is 11.5 Å². The van der Waals surface area contributed by atoms with Crippen LogP contribution >= 0.6 is 22.6 Å². The van der Waals surface area contributed by atoms with Gasteiger partial charge in [0.1, 0.15) is 0 Å². The average molecular weight is 663 g/mol. The summed E-state index contributed by atoms with van der Waals surface area (Å²) in [5.41, 5.74) is 3.92. The number of fused-ring (bicyclic) bond motifs is 2. The van der Waals surface area contributed by atoms with Crippen molar-refractivity contribution in [2.45, 2.75) is 29.9 Å². The average Bonchev–Trinajstić information content (AvgIpc) is 3.48. The van der Waals surface area contributed by atoms with Gasteiger partial charge in [-0.1, -0.05) is 18.2 Å². The van der Waals surface area contributed by atoms with Crippen LogP contribution in [0.4, 0.5) is 8.78 Å². The third-order valence-corrected chi connectivity index (χ3v) is 7.95. The van der Waals surface area contributed by atoms with Gasteiger partial charge in [-0.05, 0) is 43.7 Å². The number of amides is 2. The van der Waals surface area contributed by atoms with Gasteiger partial charge in [-0.2, -0.15) is 8.78 Å². The number of carbonyl (C=O) groups is 3. The lowest BCUT2D eigenvalue weighted by molar-refractivity contribution is -0.149. The Labute approximate surface area is 242 Å². The summed E-state index contributed by atoms with van der Waals surface area (Å²) < 4.78 is 32.5. The van der Waals surface area contributed by atoms with Gasteiger partial charge in [0.2, 0.25) is 0 Å². The maximum absolute atomic E-state index is 13.6. The van der Waals surface area contributed by atoms with E-state index in [0.29, 0.717) is 11.1 Å². The first-order valence-corrected chi connectivity index (χ1v) is 13.9. The minimum absolute atomic E-state index is 0.112. The molecule has 4 aromatic rings. The van der Waals surface area contributed by atoms with Crippen LogP contribution in [-0.4, -0.2) is 67.0 Å². The number of carbonyl (C=O) groups excluding carboxylic acids is 3. The molecule has 5 rings (SSSR count). The predicted molar refractivity (Wildman–Crippen MR) is 154 cm³/mol. The van der Waals surface area contributed by atoms with Gasteiger partial charge in [-0.3, -0.25) is 14.4 Å². The second-order valence-electron chi connectivity index (χ2n) is 9.78. The first-order valence-electron chi connectivity index (χ1n) is 12.8. The summed E-state index contributed by atoms with van der Waals surface area (Å²) in [6, 6.07) is 14.5. The minimum atomic E-state index is -3.66. The van der Waals surface area contributed by atoms with Crippen LogP contribution in [0, 0.1) is 5.92 Å². The number of benzene rings is 2. The zero-order valence-electron chi connectivity index (χ0n) is 22.2. The fraction of sp³-hybridized carbons (Fsp3) is 0.357. The van der Waals surface area contributed by atoms with Crippen LogP contribution in [0.5, 0.6) is 0 Å².